The fourth-order valence-corrected chi connectivity index (χ4v) is 2.54. The number of aromatic nitrogens is 6. The number of pyridine rings is 2. The summed E-state index contributed by atoms with van der Waals surface area (Å²) in [5, 5.41) is 6.70. The molecule has 1 amide bonds. The molecule has 1 N–H and O–H groups in total. The second kappa shape index (κ2) is 7.78. The molecule has 0 unspecified atom stereocenters. The van der Waals surface area contributed by atoms with E-state index in [4.69, 9.17) is 4.52 Å². The average molecular weight is 375 g/mol. The molecule has 0 aliphatic carbocycles. The van der Waals surface area contributed by atoms with E-state index in [1.165, 1.54) is 6.33 Å². The molecule has 4 aromatic heterocycles. The lowest BCUT2D eigenvalue weighted by Crippen LogP contribution is -2.23. The van der Waals surface area contributed by atoms with E-state index in [1.807, 2.05) is 25.1 Å². The lowest BCUT2D eigenvalue weighted by molar-refractivity contribution is 0.0946. The van der Waals surface area contributed by atoms with Crippen LogP contribution >= 0.6 is 0 Å². The summed E-state index contributed by atoms with van der Waals surface area (Å²) in [4.78, 5) is 29.3. The quantitative estimate of drug-likeness (QED) is 0.550. The van der Waals surface area contributed by atoms with Crippen LogP contribution in [0.3, 0.4) is 0 Å². The Morgan fingerprint density at radius 3 is 2.89 bits per heavy atom. The van der Waals surface area contributed by atoms with Crippen LogP contribution in [0.1, 0.15) is 28.9 Å². The first-order chi connectivity index (χ1) is 13.7. The Bertz CT molecular complexity index is 1090. The maximum Gasteiger partial charge on any atom is 0.271 e. The van der Waals surface area contributed by atoms with Gasteiger partial charge in [-0.1, -0.05) is 18.1 Å². The number of rotatable bonds is 6. The molecule has 0 aliphatic rings. The number of imidazole rings is 1. The van der Waals surface area contributed by atoms with Gasteiger partial charge in [0, 0.05) is 30.6 Å². The fourth-order valence-electron chi connectivity index (χ4n) is 2.54. The molecule has 4 heterocycles. The van der Waals surface area contributed by atoms with E-state index in [0.717, 1.165) is 11.3 Å². The van der Waals surface area contributed by atoms with Crippen molar-refractivity contribution in [3.8, 4) is 17.3 Å². The number of hydrogen-bond acceptors (Lipinski definition) is 7. The maximum atomic E-state index is 12.3. The molecule has 0 bridgehead atoms. The van der Waals surface area contributed by atoms with Gasteiger partial charge in [0.1, 0.15) is 17.8 Å². The van der Waals surface area contributed by atoms with Crippen molar-refractivity contribution in [1.82, 2.24) is 35.0 Å². The van der Waals surface area contributed by atoms with Gasteiger partial charge in [-0.2, -0.15) is 4.98 Å². The van der Waals surface area contributed by atoms with Crippen molar-refractivity contribution in [1.29, 1.82) is 0 Å². The number of aryl methyl sites for hydroxylation is 1. The first kappa shape index (κ1) is 17.5. The van der Waals surface area contributed by atoms with E-state index >= 15 is 0 Å². The van der Waals surface area contributed by atoms with Gasteiger partial charge < -0.3 is 9.84 Å². The molecule has 0 aromatic carbocycles. The molecule has 0 spiro atoms. The summed E-state index contributed by atoms with van der Waals surface area (Å²) in [5.41, 5.74) is 1.80. The lowest BCUT2D eigenvalue weighted by Gasteiger charge is -2.03. The third kappa shape index (κ3) is 3.78. The van der Waals surface area contributed by atoms with Crippen LogP contribution < -0.4 is 5.32 Å². The van der Waals surface area contributed by atoms with Gasteiger partial charge in [-0.05, 0) is 24.3 Å². The molecule has 0 fully saturated rings. The van der Waals surface area contributed by atoms with Gasteiger partial charge in [0.05, 0.1) is 12.2 Å². The van der Waals surface area contributed by atoms with Crippen molar-refractivity contribution < 1.29 is 9.32 Å². The van der Waals surface area contributed by atoms with Crippen LogP contribution in [-0.2, 0) is 13.0 Å². The molecule has 0 saturated carbocycles. The van der Waals surface area contributed by atoms with Crippen LogP contribution in [-0.4, -0.2) is 35.6 Å². The molecular formula is C19H17N7O2. The highest BCUT2D eigenvalue weighted by Gasteiger charge is 2.13. The van der Waals surface area contributed by atoms with Crippen molar-refractivity contribution in [2.24, 2.45) is 0 Å². The second-order valence-electron chi connectivity index (χ2n) is 5.94. The Labute approximate surface area is 160 Å². The number of carbonyl (C=O) groups excluding carboxylic acids is 1. The van der Waals surface area contributed by atoms with Crippen molar-refractivity contribution in [2.75, 3.05) is 0 Å². The van der Waals surface area contributed by atoms with Gasteiger partial charge in [-0.15, -0.1) is 0 Å². The zero-order valence-electron chi connectivity index (χ0n) is 15.1. The van der Waals surface area contributed by atoms with Gasteiger partial charge >= 0.3 is 0 Å². The molecule has 140 valence electrons. The topological polar surface area (TPSA) is 112 Å². The Kier molecular flexibility index (Phi) is 4.87. The maximum absolute atomic E-state index is 12.3. The molecule has 0 atom stereocenters. The van der Waals surface area contributed by atoms with Crippen molar-refractivity contribution in [3.63, 3.8) is 0 Å². The zero-order valence-corrected chi connectivity index (χ0v) is 15.1. The van der Waals surface area contributed by atoms with E-state index < -0.39 is 0 Å². The number of nitrogens with zero attached hydrogens (tertiary/aromatic N) is 6. The number of nitrogens with one attached hydrogen (secondary N) is 1. The van der Waals surface area contributed by atoms with Crippen LogP contribution in [0.4, 0.5) is 0 Å². The fraction of sp³-hybridized carbons (Fsp3) is 0.158. The van der Waals surface area contributed by atoms with E-state index in [9.17, 15) is 4.79 Å². The molecule has 4 rings (SSSR count). The van der Waals surface area contributed by atoms with Gasteiger partial charge in [-0.25, -0.2) is 9.97 Å². The minimum absolute atomic E-state index is 0.286. The first-order valence-corrected chi connectivity index (χ1v) is 8.74. The number of hydrogen-bond donors (Lipinski definition) is 1. The van der Waals surface area contributed by atoms with Gasteiger partial charge in [0.2, 0.25) is 0 Å². The van der Waals surface area contributed by atoms with Crippen molar-refractivity contribution >= 4 is 5.91 Å². The summed E-state index contributed by atoms with van der Waals surface area (Å²) in [6, 6.07) is 9.12. The number of carbonyl (C=O) groups is 1. The van der Waals surface area contributed by atoms with Crippen LogP contribution in [0, 0.1) is 0 Å². The minimum Gasteiger partial charge on any atom is -0.345 e. The highest BCUT2D eigenvalue weighted by Crippen LogP contribution is 2.19. The minimum atomic E-state index is -0.287. The monoisotopic (exact) mass is 375 g/mol. The van der Waals surface area contributed by atoms with Crippen LogP contribution in [0.25, 0.3) is 17.3 Å². The molecule has 4 aromatic rings. The average Bonchev–Trinajstić information content (AvgIpc) is 3.43. The molecule has 9 nitrogen and oxygen atoms in total. The predicted molar refractivity (Wildman–Crippen MR) is 99.4 cm³/mol. The summed E-state index contributed by atoms with van der Waals surface area (Å²) in [7, 11) is 0. The van der Waals surface area contributed by atoms with Gasteiger partial charge in [-0.3, -0.25) is 14.3 Å². The van der Waals surface area contributed by atoms with Gasteiger partial charge in [0.15, 0.2) is 5.82 Å². The Morgan fingerprint density at radius 2 is 2.11 bits per heavy atom. The van der Waals surface area contributed by atoms with E-state index in [-0.39, 0.29) is 11.6 Å². The third-order valence-corrected chi connectivity index (χ3v) is 4.01. The summed E-state index contributed by atoms with van der Waals surface area (Å²) in [6.07, 6.45) is 7.17. The highest BCUT2D eigenvalue weighted by molar-refractivity contribution is 5.92. The summed E-state index contributed by atoms with van der Waals surface area (Å²) >= 11 is 0. The normalized spacial score (nSPS) is 10.8. The molecule has 0 radical (unpaired) electrons. The summed E-state index contributed by atoms with van der Waals surface area (Å²) in [5.74, 6) is 1.37. The Morgan fingerprint density at radius 1 is 1.18 bits per heavy atom. The standard InChI is InChI=1S/C19H17N7O2/c1-2-16-24-19(28-25-16)13-6-8-21-17(9-13)26-11-15(23-12-26)18(27)22-10-14-5-3-4-7-20-14/h3-9,11-12H,2,10H2,1H3,(H,22,27). The van der Waals surface area contributed by atoms with Gasteiger partial charge in [0.25, 0.3) is 11.8 Å². The molecule has 0 aliphatic heterocycles. The molecule has 9 heteroatoms. The Balaban J connectivity index is 1.49. The second-order valence-corrected chi connectivity index (χ2v) is 5.94. The Hall–Kier alpha value is -3.88. The van der Waals surface area contributed by atoms with Crippen LogP contribution in [0.2, 0.25) is 0 Å². The summed E-state index contributed by atoms with van der Waals surface area (Å²) < 4.78 is 6.93. The largest absolute Gasteiger partial charge is 0.345 e. The molecule has 28 heavy (non-hydrogen) atoms. The van der Waals surface area contributed by atoms with Crippen molar-refractivity contribution in [3.05, 3.63) is 72.5 Å². The lowest BCUT2D eigenvalue weighted by atomic mass is 10.2. The van der Waals surface area contributed by atoms with E-state index in [0.29, 0.717) is 30.5 Å². The van der Waals surface area contributed by atoms with Crippen LogP contribution in [0.15, 0.2) is 59.8 Å². The smallest absolute Gasteiger partial charge is 0.271 e. The summed E-state index contributed by atoms with van der Waals surface area (Å²) in [6.45, 7) is 2.29. The zero-order chi connectivity index (χ0) is 19.3. The van der Waals surface area contributed by atoms with E-state index in [1.54, 1.807) is 35.3 Å². The highest BCUT2D eigenvalue weighted by atomic mass is 16.5. The van der Waals surface area contributed by atoms with Crippen LogP contribution in [0.5, 0.6) is 0 Å². The van der Waals surface area contributed by atoms with E-state index in [2.05, 4.69) is 30.4 Å². The first-order valence-electron chi connectivity index (χ1n) is 8.74. The number of amides is 1. The predicted octanol–water partition coefficient (Wildman–Crippen LogP) is 2.20. The molecular weight excluding hydrogens is 358 g/mol. The molecule has 0 saturated heterocycles. The van der Waals surface area contributed by atoms with Crippen molar-refractivity contribution in [2.45, 2.75) is 19.9 Å². The third-order valence-electron chi connectivity index (χ3n) is 4.01. The SMILES string of the molecule is CCc1noc(-c2ccnc(-n3cnc(C(=O)NCc4ccccn4)c3)c2)n1.